The maximum Gasteiger partial charge on any atom is 0.179 e. The summed E-state index contributed by atoms with van der Waals surface area (Å²) in [5, 5.41) is 0. The number of rotatable bonds is 3. The molecule has 2 heterocycles. The number of imidazole rings is 1. The second-order valence-electron chi connectivity index (χ2n) is 5.21. The second kappa shape index (κ2) is 5.93. The molecule has 23 heavy (non-hydrogen) atoms. The van der Waals surface area contributed by atoms with E-state index in [0.717, 1.165) is 27.2 Å². The summed E-state index contributed by atoms with van der Waals surface area (Å²) < 4.78 is 2.81. The van der Waals surface area contributed by atoms with Crippen molar-refractivity contribution >= 4 is 27.1 Å². The van der Waals surface area contributed by atoms with Crippen molar-refractivity contribution in [1.82, 2.24) is 19.5 Å². The van der Waals surface area contributed by atoms with Gasteiger partial charge in [0.25, 0.3) is 0 Å². The van der Waals surface area contributed by atoms with E-state index in [0.29, 0.717) is 6.54 Å². The molecule has 0 aliphatic heterocycles. The van der Waals surface area contributed by atoms with E-state index < -0.39 is 0 Å². The standard InChI is InChI=1S/C18H13BrN4/c19-18-22-16-15(14-9-5-2-6-10-14)20-12-21-17(16)23(18)11-13-7-3-1-4-8-13/h1-10,12H,11H2. The highest BCUT2D eigenvalue weighted by Gasteiger charge is 2.15. The summed E-state index contributed by atoms with van der Waals surface area (Å²) in [4.78, 5) is 13.5. The molecule has 4 rings (SSSR count). The Morgan fingerprint density at radius 2 is 1.57 bits per heavy atom. The van der Waals surface area contributed by atoms with Crippen molar-refractivity contribution in [1.29, 1.82) is 0 Å². The van der Waals surface area contributed by atoms with E-state index in [9.17, 15) is 0 Å². The van der Waals surface area contributed by atoms with Crippen LogP contribution in [0.3, 0.4) is 0 Å². The predicted molar refractivity (Wildman–Crippen MR) is 94.0 cm³/mol. The maximum atomic E-state index is 4.64. The Balaban J connectivity index is 1.86. The Morgan fingerprint density at radius 1 is 0.870 bits per heavy atom. The molecule has 0 amide bonds. The minimum Gasteiger partial charge on any atom is -0.299 e. The van der Waals surface area contributed by atoms with Gasteiger partial charge in [0.1, 0.15) is 17.5 Å². The predicted octanol–water partition coefficient (Wildman–Crippen LogP) is 4.30. The molecule has 0 atom stereocenters. The number of hydrogen-bond donors (Lipinski definition) is 0. The molecule has 0 fully saturated rings. The van der Waals surface area contributed by atoms with E-state index >= 15 is 0 Å². The molecule has 0 N–H and O–H groups in total. The average molecular weight is 365 g/mol. The van der Waals surface area contributed by atoms with Gasteiger partial charge in [-0.05, 0) is 21.5 Å². The molecule has 0 radical (unpaired) electrons. The summed E-state index contributed by atoms with van der Waals surface area (Å²) in [6, 6.07) is 20.3. The smallest absolute Gasteiger partial charge is 0.179 e. The summed E-state index contributed by atoms with van der Waals surface area (Å²) >= 11 is 3.56. The van der Waals surface area contributed by atoms with Crippen LogP contribution in [0.15, 0.2) is 71.7 Å². The third-order valence-corrected chi connectivity index (χ3v) is 4.32. The highest BCUT2D eigenvalue weighted by molar-refractivity contribution is 9.10. The van der Waals surface area contributed by atoms with Gasteiger partial charge in [-0.3, -0.25) is 4.57 Å². The van der Waals surface area contributed by atoms with Crippen molar-refractivity contribution in [3.8, 4) is 11.3 Å². The summed E-state index contributed by atoms with van der Waals surface area (Å²) in [6.45, 7) is 0.711. The third kappa shape index (κ3) is 2.64. The molecule has 5 heteroatoms. The van der Waals surface area contributed by atoms with E-state index in [2.05, 4.69) is 47.6 Å². The van der Waals surface area contributed by atoms with Crippen LogP contribution in [0.2, 0.25) is 0 Å². The van der Waals surface area contributed by atoms with Gasteiger partial charge in [0.2, 0.25) is 0 Å². The molecule has 112 valence electrons. The van der Waals surface area contributed by atoms with E-state index in [1.807, 2.05) is 48.5 Å². The van der Waals surface area contributed by atoms with E-state index in [1.165, 1.54) is 5.56 Å². The molecule has 0 aliphatic carbocycles. The summed E-state index contributed by atoms with van der Waals surface area (Å²) in [5.41, 5.74) is 4.73. The number of aromatic nitrogens is 4. The lowest BCUT2D eigenvalue weighted by atomic mass is 10.1. The molecule has 0 spiro atoms. The Morgan fingerprint density at radius 3 is 2.30 bits per heavy atom. The first-order valence-corrected chi connectivity index (χ1v) is 8.08. The molecule has 0 bridgehead atoms. The number of halogens is 1. The van der Waals surface area contributed by atoms with Gasteiger partial charge in [-0.1, -0.05) is 60.7 Å². The molecule has 2 aromatic heterocycles. The van der Waals surface area contributed by atoms with Crippen LogP contribution in [-0.2, 0) is 6.54 Å². The zero-order valence-corrected chi connectivity index (χ0v) is 13.8. The van der Waals surface area contributed by atoms with Gasteiger partial charge < -0.3 is 0 Å². The lowest BCUT2D eigenvalue weighted by Crippen LogP contribution is -2.01. The largest absolute Gasteiger partial charge is 0.299 e. The molecular weight excluding hydrogens is 352 g/mol. The number of nitrogens with zero attached hydrogens (tertiary/aromatic N) is 4. The topological polar surface area (TPSA) is 43.6 Å². The minimum absolute atomic E-state index is 0.711. The summed E-state index contributed by atoms with van der Waals surface area (Å²) in [5.74, 6) is 0. The molecule has 2 aromatic carbocycles. The van der Waals surface area contributed by atoms with Crippen LogP contribution in [0.4, 0.5) is 0 Å². The van der Waals surface area contributed by atoms with Crippen molar-refractivity contribution in [3.05, 3.63) is 77.3 Å². The fourth-order valence-electron chi connectivity index (χ4n) is 2.62. The van der Waals surface area contributed by atoms with Gasteiger partial charge in [0.05, 0.1) is 6.54 Å². The molecule has 0 saturated heterocycles. The van der Waals surface area contributed by atoms with Crippen LogP contribution in [-0.4, -0.2) is 19.5 Å². The van der Waals surface area contributed by atoms with Crippen LogP contribution < -0.4 is 0 Å². The fraction of sp³-hybridized carbons (Fsp3) is 0.0556. The minimum atomic E-state index is 0.711. The van der Waals surface area contributed by atoms with Crippen molar-refractivity contribution in [2.45, 2.75) is 6.54 Å². The van der Waals surface area contributed by atoms with Crippen LogP contribution in [0, 0.1) is 0 Å². The first kappa shape index (κ1) is 14.1. The zero-order chi connectivity index (χ0) is 15.6. The van der Waals surface area contributed by atoms with Gasteiger partial charge in [-0.15, -0.1) is 0 Å². The maximum absolute atomic E-state index is 4.64. The Hall–Kier alpha value is -2.53. The first-order valence-electron chi connectivity index (χ1n) is 7.29. The third-order valence-electron chi connectivity index (χ3n) is 3.72. The van der Waals surface area contributed by atoms with Crippen molar-refractivity contribution in [2.24, 2.45) is 0 Å². The van der Waals surface area contributed by atoms with E-state index in [1.54, 1.807) is 6.33 Å². The summed E-state index contributed by atoms with van der Waals surface area (Å²) in [7, 11) is 0. The van der Waals surface area contributed by atoms with Crippen LogP contribution in [0.5, 0.6) is 0 Å². The quantitative estimate of drug-likeness (QED) is 0.509. The van der Waals surface area contributed by atoms with E-state index in [-0.39, 0.29) is 0 Å². The van der Waals surface area contributed by atoms with Gasteiger partial charge in [0, 0.05) is 5.56 Å². The second-order valence-corrected chi connectivity index (χ2v) is 5.92. The van der Waals surface area contributed by atoms with Crippen LogP contribution >= 0.6 is 15.9 Å². The van der Waals surface area contributed by atoms with Crippen LogP contribution in [0.25, 0.3) is 22.4 Å². The average Bonchev–Trinajstić information content (AvgIpc) is 2.92. The van der Waals surface area contributed by atoms with E-state index in [4.69, 9.17) is 0 Å². The van der Waals surface area contributed by atoms with Gasteiger partial charge in [-0.2, -0.15) is 0 Å². The molecule has 0 aliphatic rings. The lowest BCUT2D eigenvalue weighted by molar-refractivity contribution is 0.790. The van der Waals surface area contributed by atoms with Gasteiger partial charge >= 0.3 is 0 Å². The van der Waals surface area contributed by atoms with Crippen LogP contribution in [0.1, 0.15) is 5.56 Å². The number of hydrogen-bond acceptors (Lipinski definition) is 3. The van der Waals surface area contributed by atoms with Crippen molar-refractivity contribution in [3.63, 3.8) is 0 Å². The number of fused-ring (bicyclic) bond motifs is 1. The Kier molecular flexibility index (Phi) is 3.63. The summed E-state index contributed by atoms with van der Waals surface area (Å²) in [6.07, 6.45) is 1.60. The van der Waals surface area contributed by atoms with Gasteiger partial charge in [-0.25, -0.2) is 15.0 Å². The lowest BCUT2D eigenvalue weighted by Gasteiger charge is -2.06. The Bertz CT molecular complexity index is 949. The Labute approximate surface area is 142 Å². The first-order chi connectivity index (χ1) is 11.3. The highest BCUT2D eigenvalue weighted by atomic mass is 79.9. The molecule has 4 nitrogen and oxygen atoms in total. The monoisotopic (exact) mass is 364 g/mol. The fourth-order valence-corrected chi connectivity index (χ4v) is 3.09. The SMILES string of the molecule is Brc1nc2c(-c3ccccc3)ncnc2n1Cc1ccccc1. The molecule has 0 saturated carbocycles. The van der Waals surface area contributed by atoms with Crippen molar-refractivity contribution < 1.29 is 0 Å². The molecule has 0 unspecified atom stereocenters. The normalized spacial score (nSPS) is 11.0. The zero-order valence-electron chi connectivity index (χ0n) is 12.2. The number of benzene rings is 2. The molecular formula is C18H13BrN4. The molecule has 4 aromatic rings. The van der Waals surface area contributed by atoms with Crippen molar-refractivity contribution in [2.75, 3.05) is 0 Å². The highest BCUT2D eigenvalue weighted by Crippen LogP contribution is 2.27. The van der Waals surface area contributed by atoms with Gasteiger partial charge in [0.15, 0.2) is 10.4 Å².